The lowest BCUT2D eigenvalue weighted by Gasteiger charge is -2.03. The average molecular weight is 226 g/mol. The standard InChI is InChI=1S/C15H14O2/c1-2-3-10-17-15(16)14-9-8-12-6-4-5-7-13(12)11-14/h2-9,11H,10H2,1H3/b3-2+. The second-order valence-corrected chi connectivity index (χ2v) is 3.73. The van der Waals surface area contributed by atoms with Gasteiger partial charge in [0.05, 0.1) is 5.56 Å². The maximum atomic E-state index is 11.7. The fourth-order valence-electron chi connectivity index (χ4n) is 1.62. The molecule has 0 aliphatic rings. The van der Waals surface area contributed by atoms with E-state index in [0.29, 0.717) is 12.2 Å². The fourth-order valence-corrected chi connectivity index (χ4v) is 1.62. The van der Waals surface area contributed by atoms with Gasteiger partial charge in [-0.2, -0.15) is 0 Å². The molecular formula is C15H14O2. The zero-order valence-electron chi connectivity index (χ0n) is 9.72. The van der Waals surface area contributed by atoms with E-state index in [9.17, 15) is 4.79 Å². The van der Waals surface area contributed by atoms with Crippen LogP contribution >= 0.6 is 0 Å². The molecule has 0 bridgehead atoms. The van der Waals surface area contributed by atoms with E-state index in [2.05, 4.69) is 0 Å². The minimum atomic E-state index is -0.283. The summed E-state index contributed by atoms with van der Waals surface area (Å²) in [6.07, 6.45) is 3.66. The van der Waals surface area contributed by atoms with Crippen LogP contribution in [0.4, 0.5) is 0 Å². The Labute approximate surface area is 101 Å². The smallest absolute Gasteiger partial charge is 0.338 e. The minimum Gasteiger partial charge on any atom is -0.458 e. The van der Waals surface area contributed by atoms with Crippen molar-refractivity contribution < 1.29 is 9.53 Å². The largest absolute Gasteiger partial charge is 0.458 e. The number of esters is 1. The summed E-state index contributed by atoms with van der Waals surface area (Å²) in [5.74, 6) is -0.283. The molecule has 0 radical (unpaired) electrons. The second kappa shape index (κ2) is 5.30. The van der Waals surface area contributed by atoms with E-state index < -0.39 is 0 Å². The van der Waals surface area contributed by atoms with Gasteiger partial charge in [0, 0.05) is 0 Å². The van der Waals surface area contributed by atoms with Crippen molar-refractivity contribution in [3.63, 3.8) is 0 Å². The van der Waals surface area contributed by atoms with Crippen LogP contribution in [0.25, 0.3) is 10.8 Å². The number of hydrogen-bond donors (Lipinski definition) is 0. The highest BCUT2D eigenvalue weighted by Crippen LogP contribution is 2.16. The molecular weight excluding hydrogens is 212 g/mol. The monoisotopic (exact) mass is 226 g/mol. The van der Waals surface area contributed by atoms with E-state index >= 15 is 0 Å². The number of hydrogen-bond acceptors (Lipinski definition) is 2. The Balaban J connectivity index is 2.21. The zero-order valence-corrected chi connectivity index (χ0v) is 9.72. The number of rotatable bonds is 3. The van der Waals surface area contributed by atoms with Crippen LogP contribution in [-0.4, -0.2) is 12.6 Å². The van der Waals surface area contributed by atoms with Crippen molar-refractivity contribution in [2.45, 2.75) is 6.92 Å². The van der Waals surface area contributed by atoms with Crippen LogP contribution < -0.4 is 0 Å². The molecule has 0 N–H and O–H groups in total. The molecule has 0 atom stereocenters. The van der Waals surface area contributed by atoms with E-state index in [1.165, 1.54) is 0 Å². The number of carbonyl (C=O) groups excluding carboxylic acids is 1. The molecule has 86 valence electrons. The average Bonchev–Trinajstić information content (AvgIpc) is 2.38. The highest BCUT2D eigenvalue weighted by molar-refractivity contribution is 5.95. The first-order valence-corrected chi connectivity index (χ1v) is 5.58. The summed E-state index contributed by atoms with van der Waals surface area (Å²) < 4.78 is 5.09. The van der Waals surface area contributed by atoms with Crippen molar-refractivity contribution in [3.05, 3.63) is 60.2 Å². The highest BCUT2D eigenvalue weighted by atomic mass is 16.5. The third kappa shape index (κ3) is 2.72. The van der Waals surface area contributed by atoms with Gasteiger partial charge in [-0.3, -0.25) is 0 Å². The van der Waals surface area contributed by atoms with Crippen LogP contribution in [-0.2, 0) is 4.74 Å². The maximum Gasteiger partial charge on any atom is 0.338 e. The molecule has 0 aliphatic carbocycles. The Hall–Kier alpha value is -2.09. The van der Waals surface area contributed by atoms with E-state index in [0.717, 1.165) is 10.8 Å². The maximum absolute atomic E-state index is 11.7. The molecule has 0 heterocycles. The van der Waals surface area contributed by atoms with Crippen LogP contribution in [0.1, 0.15) is 17.3 Å². The lowest BCUT2D eigenvalue weighted by Crippen LogP contribution is -2.04. The third-order valence-corrected chi connectivity index (χ3v) is 2.53. The van der Waals surface area contributed by atoms with Crippen LogP contribution in [0.3, 0.4) is 0 Å². The van der Waals surface area contributed by atoms with E-state index in [-0.39, 0.29) is 5.97 Å². The van der Waals surface area contributed by atoms with Gasteiger partial charge in [-0.05, 0) is 29.8 Å². The molecule has 2 nitrogen and oxygen atoms in total. The molecule has 0 saturated carbocycles. The molecule has 0 saturated heterocycles. The predicted octanol–water partition coefficient (Wildman–Crippen LogP) is 3.57. The Bertz CT molecular complexity index is 556. The Morgan fingerprint density at radius 1 is 1.18 bits per heavy atom. The quantitative estimate of drug-likeness (QED) is 0.590. The molecule has 0 aromatic heterocycles. The van der Waals surface area contributed by atoms with Gasteiger partial charge < -0.3 is 4.74 Å². The Morgan fingerprint density at radius 3 is 2.71 bits per heavy atom. The molecule has 0 spiro atoms. The summed E-state index contributed by atoms with van der Waals surface area (Å²) in [5.41, 5.74) is 0.591. The van der Waals surface area contributed by atoms with E-state index in [4.69, 9.17) is 4.74 Å². The van der Waals surface area contributed by atoms with Crippen LogP contribution in [0.2, 0.25) is 0 Å². The topological polar surface area (TPSA) is 26.3 Å². The number of carbonyl (C=O) groups is 1. The molecule has 0 aliphatic heterocycles. The molecule has 2 aromatic rings. The van der Waals surface area contributed by atoms with Gasteiger partial charge in [-0.15, -0.1) is 0 Å². The number of benzene rings is 2. The number of ether oxygens (including phenoxy) is 1. The van der Waals surface area contributed by atoms with Gasteiger partial charge in [0.2, 0.25) is 0 Å². The first-order chi connectivity index (χ1) is 8.31. The molecule has 2 rings (SSSR count). The first kappa shape index (κ1) is 11.4. The van der Waals surface area contributed by atoms with Gasteiger partial charge in [-0.1, -0.05) is 42.5 Å². The number of fused-ring (bicyclic) bond motifs is 1. The third-order valence-electron chi connectivity index (χ3n) is 2.53. The van der Waals surface area contributed by atoms with Crippen molar-refractivity contribution >= 4 is 16.7 Å². The van der Waals surface area contributed by atoms with Crippen molar-refractivity contribution in [1.29, 1.82) is 0 Å². The highest BCUT2D eigenvalue weighted by Gasteiger charge is 2.06. The minimum absolute atomic E-state index is 0.283. The van der Waals surface area contributed by atoms with Crippen molar-refractivity contribution in [2.24, 2.45) is 0 Å². The van der Waals surface area contributed by atoms with E-state index in [1.807, 2.05) is 49.4 Å². The van der Waals surface area contributed by atoms with Gasteiger partial charge in [0.15, 0.2) is 0 Å². The van der Waals surface area contributed by atoms with Crippen LogP contribution in [0.5, 0.6) is 0 Å². The van der Waals surface area contributed by atoms with Crippen molar-refractivity contribution in [2.75, 3.05) is 6.61 Å². The SMILES string of the molecule is C/C=C/COC(=O)c1ccc2ccccc2c1. The molecule has 0 amide bonds. The summed E-state index contributed by atoms with van der Waals surface area (Å²) in [5, 5.41) is 2.17. The summed E-state index contributed by atoms with van der Waals surface area (Å²) in [6, 6.07) is 13.5. The van der Waals surface area contributed by atoms with Crippen molar-refractivity contribution in [1.82, 2.24) is 0 Å². The molecule has 0 fully saturated rings. The second-order valence-electron chi connectivity index (χ2n) is 3.73. The van der Waals surface area contributed by atoms with E-state index in [1.54, 1.807) is 12.1 Å². The predicted molar refractivity (Wildman–Crippen MR) is 69.0 cm³/mol. The molecule has 2 aromatic carbocycles. The fraction of sp³-hybridized carbons (Fsp3) is 0.133. The molecule has 0 unspecified atom stereocenters. The van der Waals surface area contributed by atoms with Gasteiger partial charge in [0.25, 0.3) is 0 Å². The Morgan fingerprint density at radius 2 is 1.94 bits per heavy atom. The number of allylic oxidation sites excluding steroid dienone is 1. The lowest BCUT2D eigenvalue weighted by atomic mass is 10.1. The van der Waals surface area contributed by atoms with Crippen LogP contribution in [0.15, 0.2) is 54.6 Å². The lowest BCUT2D eigenvalue weighted by molar-refractivity contribution is 0.0549. The van der Waals surface area contributed by atoms with Gasteiger partial charge in [-0.25, -0.2) is 4.79 Å². The van der Waals surface area contributed by atoms with Gasteiger partial charge >= 0.3 is 5.97 Å². The first-order valence-electron chi connectivity index (χ1n) is 5.58. The summed E-state index contributed by atoms with van der Waals surface area (Å²) in [4.78, 5) is 11.7. The molecule has 17 heavy (non-hydrogen) atoms. The Kier molecular flexibility index (Phi) is 3.55. The van der Waals surface area contributed by atoms with Crippen LogP contribution in [0, 0.1) is 0 Å². The molecule has 2 heteroatoms. The normalized spacial score (nSPS) is 10.9. The summed E-state index contributed by atoms with van der Waals surface area (Å²) in [6.45, 7) is 2.21. The zero-order chi connectivity index (χ0) is 12.1. The van der Waals surface area contributed by atoms with Crippen molar-refractivity contribution in [3.8, 4) is 0 Å². The summed E-state index contributed by atoms with van der Waals surface area (Å²) in [7, 11) is 0. The van der Waals surface area contributed by atoms with Gasteiger partial charge in [0.1, 0.15) is 6.61 Å². The summed E-state index contributed by atoms with van der Waals surface area (Å²) >= 11 is 0.